The summed E-state index contributed by atoms with van der Waals surface area (Å²) in [5, 5.41) is 13.6. The molecule has 0 saturated heterocycles. The molecule has 0 unspecified atom stereocenters. The Morgan fingerprint density at radius 1 is 1.00 bits per heavy atom. The van der Waals surface area contributed by atoms with E-state index in [1.807, 2.05) is 20.8 Å². The fraction of sp³-hybridized carbons (Fsp3) is 0.357. The second kappa shape index (κ2) is 5.78. The lowest BCUT2D eigenvalue weighted by atomic mass is 10.1. The first kappa shape index (κ1) is 16.0. The summed E-state index contributed by atoms with van der Waals surface area (Å²) in [5.41, 5.74) is -0.446. The van der Waals surface area contributed by atoms with Crippen molar-refractivity contribution in [1.29, 1.82) is 0 Å². The molecule has 2 rings (SSSR count). The zero-order valence-electron chi connectivity index (χ0n) is 12.4. The number of aromatic nitrogens is 3. The number of hydrogen-bond donors (Lipinski definition) is 2. The Bertz CT molecular complexity index is 632. The van der Waals surface area contributed by atoms with Gasteiger partial charge in [0.05, 0.1) is 11.8 Å². The van der Waals surface area contributed by atoms with Gasteiger partial charge in [-0.3, -0.25) is 0 Å². The molecule has 2 N–H and O–H groups in total. The average molecular weight is 311 g/mol. The molecule has 8 heteroatoms. The van der Waals surface area contributed by atoms with Crippen molar-refractivity contribution in [3.8, 4) is 0 Å². The van der Waals surface area contributed by atoms with Gasteiger partial charge in [-0.25, -0.2) is 0 Å². The van der Waals surface area contributed by atoms with Gasteiger partial charge in [-0.2, -0.15) is 23.3 Å². The average Bonchev–Trinajstić information content (AvgIpc) is 2.36. The maximum atomic E-state index is 12.5. The van der Waals surface area contributed by atoms with E-state index in [2.05, 4.69) is 25.8 Å². The van der Waals surface area contributed by atoms with Crippen molar-refractivity contribution in [1.82, 2.24) is 15.2 Å². The van der Waals surface area contributed by atoms with Crippen molar-refractivity contribution in [2.75, 3.05) is 10.6 Å². The zero-order valence-corrected chi connectivity index (χ0v) is 12.4. The van der Waals surface area contributed by atoms with Crippen LogP contribution in [0.15, 0.2) is 30.5 Å². The Hall–Kier alpha value is -2.38. The normalized spacial score (nSPS) is 12.1. The third kappa shape index (κ3) is 4.57. The van der Waals surface area contributed by atoms with Gasteiger partial charge < -0.3 is 10.6 Å². The van der Waals surface area contributed by atoms with Gasteiger partial charge in [0.1, 0.15) is 0 Å². The standard InChI is InChI=1S/C14H16F3N5/c1-13(2,3)21-12-20-11(8-18-22-12)19-10-6-4-9(5-7-10)14(15,16)17/h4-8H,1-3H3,(H2,19,20,21,22). The Morgan fingerprint density at radius 2 is 1.64 bits per heavy atom. The molecule has 0 bridgehead atoms. The lowest BCUT2D eigenvalue weighted by molar-refractivity contribution is -0.137. The molecule has 0 fully saturated rings. The molecule has 0 amide bonds. The molecule has 0 saturated carbocycles. The van der Waals surface area contributed by atoms with Gasteiger partial charge in [0.15, 0.2) is 5.82 Å². The Kier molecular flexibility index (Phi) is 4.20. The third-order valence-corrected chi connectivity index (χ3v) is 2.53. The van der Waals surface area contributed by atoms with Gasteiger partial charge in [0, 0.05) is 11.2 Å². The fourth-order valence-corrected chi connectivity index (χ4v) is 1.64. The monoisotopic (exact) mass is 311 g/mol. The van der Waals surface area contributed by atoms with Crippen LogP contribution in [-0.2, 0) is 6.18 Å². The van der Waals surface area contributed by atoms with E-state index in [1.165, 1.54) is 18.3 Å². The number of nitrogens with one attached hydrogen (secondary N) is 2. The highest BCUT2D eigenvalue weighted by Gasteiger charge is 2.29. The minimum Gasteiger partial charge on any atom is -0.348 e. The largest absolute Gasteiger partial charge is 0.416 e. The highest BCUT2D eigenvalue weighted by molar-refractivity contribution is 5.56. The van der Waals surface area contributed by atoms with Crippen LogP contribution in [0.25, 0.3) is 0 Å². The van der Waals surface area contributed by atoms with Crippen LogP contribution in [0.5, 0.6) is 0 Å². The van der Waals surface area contributed by atoms with Crippen LogP contribution in [0, 0.1) is 0 Å². The van der Waals surface area contributed by atoms with E-state index >= 15 is 0 Å². The van der Waals surface area contributed by atoms with Crippen LogP contribution < -0.4 is 10.6 Å². The van der Waals surface area contributed by atoms with Crippen molar-refractivity contribution in [2.45, 2.75) is 32.5 Å². The first-order valence-corrected chi connectivity index (χ1v) is 6.56. The lowest BCUT2D eigenvalue weighted by Gasteiger charge is -2.20. The van der Waals surface area contributed by atoms with E-state index in [-0.39, 0.29) is 5.54 Å². The SMILES string of the molecule is CC(C)(C)Nc1nncc(Nc2ccc(C(F)(F)F)cc2)n1. The topological polar surface area (TPSA) is 62.7 Å². The van der Waals surface area contributed by atoms with Crippen LogP contribution in [-0.4, -0.2) is 20.7 Å². The molecule has 1 aromatic carbocycles. The molecule has 5 nitrogen and oxygen atoms in total. The number of rotatable bonds is 3. The van der Waals surface area contributed by atoms with Crippen LogP contribution in [0.4, 0.5) is 30.6 Å². The Balaban J connectivity index is 2.12. The van der Waals surface area contributed by atoms with Gasteiger partial charge in [-0.05, 0) is 45.0 Å². The van der Waals surface area contributed by atoms with Crippen LogP contribution in [0.3, 0.4) is 0 Å². The minimum absolute atomic E-state index is 0.228. The summed E-state index contributed by atoms with van der Waals surface area (Å²) in [7, 11) is 0. The molecule has 0 aliphatic heterocycles. The van der Waals surface area contributed by atoms with E-state index in [1.54, 1.807) is 0 Å². The number of benzene rings is 1. The Morgan fingerprint density at radius 3 is 2.18 bits per heavy atom. The fourth-order valence-electron chi connectivity index (χ4n) is 1.64. The van der Waals surface area contributed by atoms with Crippen molar-refractivity contribution < 1.29 is 13.2 Å². The lowest BCUT2D eigenvalue weighted by Crippen LogP contribution is -2.27. The first-order chi connectivity index (χ1) is 10.1. The number of anilines is 3. The number of halogens is 3. The highest BCUT2D eigenvalue weighted by Crippen LogP contribution is 2.30. The van der Waals surface area contributed by atoms with Gasteiger partial charge in [0.2, 0.25) is 5.95 Å². The van der Waals surface area contributed by atoms with Gasteiger partial charge in [0.25, 0.3) is 0 Å². The molecule has 22 heavy (non-hydrogen) atoms. The summed E-state index contributed by atoms with van der Waals surface area (Å²) in [6.07, 6.45) is -2.95. The van der Waals surface area contributed by atoms with E-state index in [0.717, 1.165) is 12.1 Å². The summed E-state index contributed by atoms with van der Waals surface area (Å²) < 4.78 is 37.5. The maximum Gasteiger partial charge on any atom is 0.416 e. The summed E-state index contributed by atoms with van der Waals surface area (Å²) in [5.74, 6) is 0.728. The van der Waals surface area contributed by atoms with E-state index in [4.69, 9.17) is 0 Å². The molecular formula is C14H16F3N5. The highest BCUT2D eigenvalue weighted by atomic mass is 19.4. The molecule has 0 spiro atoms. The minimum atomic E-state index is -4.35. The predicted octanol–water partition coefficient (Wildman–Crippen LogP) is 3.84. The molecule has 2 aromatic rings. The summed E-state index contributed by atoms with van der Waals surface area (Å²) in [4.78, 5) is 4.21. The number of alkyl halides is 3. The molecule has 1 aromatic heterocycles. The second-order valence-electron chi connectivity index (χ2n) is 5.74. The Labute approximate surface area is 126 Å². The first-order valence-electron chi connectivity index (χ1n) is 6.56. The zero-order chi connectivity index (χ0) is 16.4. The van der Waals surface area contributed by atoms with Gasteiger partial charge >= 0.3 is 6.18 Å². The number of hydrogen-bond acceptors (Lipinski definition) is 5. The smallest absolute Gasteiger partial charge is 0.348 e. The predicted molar refractivity (Wildman–Crippen MR) is 77.9 cm³/mol. The number of nitrogens with zero attached hydrogens (tertiary/aromatic N) is 3. The molecule has 1 heterocycles. The molecule has 0 radical (unpaired) electrons. The van der Waals surface area contributed by atoms with E-state index < -0.39 is 11.7 Å². The van der Waals surface area contributed by atoms with E-state index in [0.29, 0.717) is 17.5 Å². The summed E-state index contributed by atoms with van der Waals surface area (Å²) >= 11 is 0. The van der Waals surface area contributed by atoms with Crippen molar-refractivity contribution >= 4 is 17.5 Å². The molecule has 118 valence electrons. The van der Waals surface area contributed by atoms with Crippen molar-refractivity contribution in [3.63, 3.8) is 0 Å². The molecular weight excluding hydrogens is 295 g/mol. The summed E-state index contributed by atoms with van der Waals surface area (Å²) in [6.45, 7) is 5.85. The quantitative estimate of drug-likeness (QED) is 0.901. The molecule has 0 aliphatic carbocycles. The van der Waals surface area contributed by atoms with Crippen LogP contribution in [0.2, 0.25) is 0 Å². The van der Waals surface area contributed by atoms with Crippen molar-refractivity contribution in [3.05, 3.63) is 36.0 Å². The van der Waals surface area contributed by atoms with Crippen LogP contribution in [0.1, 0.15) is 26.3 Å². The molecule has 0 atom stereocenters. The van der Waals surface area contributed by atoms with Crippen LogP contribution >= 0.6 is 0 Å². The summed E-state index contributed by atoms with van der Waals surface area (Å²) in [6, 6.07) is 4.68. The second-order valence-corrected chi connectivity index (χ2v) is 5.74. The van der Waals surface area contributed by atoms with Gasteiger partial charge in [-0.1, -0.05) is 0 Å². The third-order valence-electron chi connectivity index (χ3n) is 2.53. The van der Waals surface area contributed by atoms with E-state index in [9.17, 15) is 13.2 Å². The molecule has 0 aliphatic rings. The van der Waals surface area contributed by atoms with Crippen molar-refractivity contribution in [2.24, 2.45) is 0 Å². The maximum absolute atomic E-state index is 12.5. The van der Waals surface area contributed by atoms with Gasteiger partial charge in [-0.15, -0.1) is 5.10 Å².